The summed E-state index contributed by atoms with van der Waals surface area (Å²) in [5, 5.41) is 4.76. The maximum Gasteiger partial charge on any atom is 0.315 e. The Morgan fingerprint density at radius 3 is 2.00 bits per heavy atom. The fourth-order valence-electron chi connectivity index (χ4n) is 3.65. The lowest BCUT2D eigenvalue weighted by Crippen LogP contribution is -2.52. The first-order chi connectivity index (χ1) is 14.2. The van der Waals surface area contributed by atoms with E-state index >= 15 is 0 Å². The van der Waals surface area contributed by atoms with Gasteiger partial charge in [0.05, 0.1) is 6.04 Å². The topological polar surface area (TPSA) is 65.5 Å². The monoisotopic (exact) mass is 406 g/mol. The van der Waals surface area contributed by atoms with Crippen molar-refractivity contribution in [1.29, 1.82) is 0 Å². The van der Waals surface area contributed by atoms with Crippen LogP contribution < -0.4 is 5.32 Å². The molecule has 0 unspecified atom stereocenters. The highest BCUT2D eigenvalue weighted by Gasteiger charge is 2.30. The van der Waals surface area contributed by atoms with E-state index in [1.165, 1.54) is 22.5 Å². The van der Waals surface area contributed by atoms with Crippen molar-refractivity contribution in [3.8, 4) is 0 Å². The number of nitrogens with zero attached hydrogens (tertiary/aromatic N) is 3. The van der Waals surface area contributed by atoms with Crippen molar-refractivity contribution in [3.63, 3.8) is 0 Å². The number of hydrogen-bond acceptors (Lipinski definition) is 5. The minimum absolute atomic E-state index is 0.124. The number of thiazole rings is 1. The molecule has 0 bridgehead atoms. The molecule has 3 aromatic rings. The van der Waals surface area contributed by atoms with Crippen LogP contribution >= 0.6 is 11.3 Å². The van der Waals surface area contributed by atoms with E-state index in [9.17, 15) is 9.59 Å². The van der Waals surface area contributed by atoms with Gasteiger partial charge in [-0.05, 0) is 11.1 Å². The lowest BCUT2D eigenvalue weighted by Gasteiger charge is -2.39. The Balaban J connectivity index is 1.44. The van der Waals surface area contributed by atoms with Crippen molar-refractivity contribution >= 4 is 28.3 Å². The number of nitrogens with one attached hydrogen (secondary N) is 1. The van der Waals surface area contributed by atoms with Gasteiger partial charge in [0, 0.05) is 37.8 Å². The molecule has 2 amide bonds. The van der Waals surface area contributed by atoms with Crippen LogP contribution in [0.5, 0.6) is 0 Å². The molecule has 148 valence electrons. The first kappa shape index (κ1) is 19.3. The third kappa shape index (κ3) is 4.52. The molecule has 1 saturated heterocycles. The Bertz CT molecular complexity index is 900. The molecule has 6 nitrogen and oxygen atoms in total. The molecular weight excluding hydrogens is 384 g/mol. The van der Waals surface area contributed by atoms with E-state index in [1.54, 1.807) is 16.5 Å². The molecule has 1 fully saturated rings. The summed E-state index contributed by atoms with van der Waals surface area (Å²) in [4.78, 5) is 32.7. The Morgan fingerprint density at radius 1 is 0.897 bits per heavy atom. The minimum Gasteiger partial charge on any atom is -0.332 e. The van der Waals surface area contributed by atoms with Gasteiger partial charge in [-0.1, -0.05) is 60.7 Å². The normalized spacial score (nSPS) is 14.7. The number of amides is 2. The van der Waals surface area contributed by atoms with Crippen molar-refractivity contribution in [2.45, 2.75) is 6.04 Å². The van der Waals surface area contributed by atoms with Crippen LogP contribution in [-0.2, 0) is 9.59 Å². The van der Waals surface area contributed by atoms with Gasteiger partial charge < -0.3 is 4.90 Å². The van der Waals surface area contributed by atoms with Crippen molar-refractivity contribution in [2.75, 3.05) is 31.5 Å². The van der Waals surface area contributed by atoms with Gasteiger partial charge in [0.1, 0.15) is 0 Å². The number of aromatic nitrogens is 1. The highest BCUT2D eigenvalue weighted by Crippen LogP contribution is 2.29. The van der Waals surface area contributed by atoms with Crippen molar-refractivity contribution in [2.24, 2.45) is 0 Å². The van der Waals surface area contributed by atoms with Crippen molar-refractivity contribution < 1.29 is 9.59 Å². The summed E-state index contributed by atoms with van der Waals surface area (Å²) < 4.78 is 0. The van der Waals surface area contributed by atoms with Gasteiger partial charge in [-0.3, -0.25) is 19.8 Å². The van der Waals surface area contributed by atoms with Crippen LogP contribution in [0.2, 0.25) is 0 Å². The molecule has 0 aliphatic carbocycles. The molecular formula is C22H22N4O2S. The molecule has 0 spiro atoms. The molecule has 7 heteroatoms. The van der Waals surface area contributed by atoms with Gasteiger partial charge in [0.15, 0.2) is 5.13 Å². The van der Waals surface area contributed by atoms with Gasteiger partial charge in [-0.25, -0.2) is 4.98 Å². The van der Waals surface area contributed by atoms with Crippen molar-refractivity contribution in [3.05, 3.63) is 83.4 Å². The van der Waals surface area contributed by atoms with Gasteiger partial charge in [-0.15, -0.1) is 11.3 Å². The second kappa shape index (κ2) is 8.98. The summed E-state index contributed by atoms with van der Waals surface area (Å²) in [6, 6.07) is 20.9. The van der Waals surface area contributed by atoms with E-state index in [-0.39, 0.29) is 6.04 Å². The average molecular weight is 407 g/mol. The molecule has 1 aliphatic rings. The van der Waals surface area contributed by atoms with Crippen LogP contribution in [0.3, 0.4) is 0 Å². The molecule has 1 N–H and O–H groups in total. The lowest BCUT2D eigenvalue weighted by atomic mass is 9.96. The van der Waals surface area contributed by atoms with E-state index in [0.717, 1.165) is 0 Å². The number of benzene rings is 2. The standard InChI is InChI=1S/C22H22N4O2S/c27-20(24-22-23-11-16-29-22)21(28)26-14-12-25(13-15-26)19(17-7-3-1-4-8-17)18-9-5-2-6-10-18/h1-11,16,19H,12-15H2,(H,23,24,27). The largest absolute Gasteiger partial charge is 0.332 e. The van der Waals surface area contributed by atoms with Gasteiger partial charge in [-0.2, -0.15) is 0 Å². The van der Waals surface area contributed by atoms with Crippen LogP contribution in [-0.4, -0.2) is 52.8 Å². The first-order valence-electron chi connectivity index (χ1n) is 9.56. The first-order valence-corrected chi connectivity index (χ1v) is 10.4. The van der Waals surface area contributed by atoms with E-state index in [1.807, 2.05) is 36.4 Å². The van der Waals surface area contributed by atoms with Gasteiger partial charge in [0.25, 0.3) is 0 Å². The number of carbonyl (C=O) groups is 2. The summed E-state index contributed by atoms with van der Waals surface area (Å²) in [5.74, 6) is -1.13. The molecule has 0 radical (unpaired) electrons. The third-order valence-electron chi connectivity index (χ3n) is 5.04. The predicted octanol–water partition coefficient (Wildman–Crippen LogP) is 3.02. The lowest BCUT2D eigenvalue weighted by molar-refractivity contribution is -0.144. The quantitative estimate of drug-likeness (QED) is 0.677. The Hall–Kier alpha value is -3.03. The summed E-state index contributed by atoms with van der Waals surface area (Å²) in [6.45, 7) is 2.43. The number of carbonyl (C=O) groups excluding carboxylic acids is 2. The Labute approximate surface area is 173 Å². The van der Waals surface area contributed by atoms with E-state index in [0.29, 0.717) is 31.3 Å². The van der Waals surface area contributed by atoms with Crippen LogP contribution in [0.15, 0.2) is 72.2 Å². The molecule has 0 saturated carbocycles. The molecule has 2 heterocycles. The minimum atomic E-state index is -0.629. The van der Waals surface area contributed by atoms with Gasteiger partial charge >= 0.3 is 11.8 Å². The molecule has 29 heavy (non-hydrogen) atoms. The molecule has 0 atom stereocenters. The number of hydrogen-bond donors (Lipinski definition) is 1. The molecule has 4 rings (SSSR count). The second-order valence-electron chi connectivity index (χ2n) is 6.84. The predicted molar refractivity (Wildman–Crippen MR) is 114 cm³/mol. The van der Waals surface area contributed by atoms with E-state index < -0.39 is 11.8 Å². The summed E-state index contributed by atoms with van der Waals surface area (Å²) in [6.07, 6.45) is 1.59. The van der Waals surface area contributed by atoms with Crippen LogP contribution in [0, 0.1) is 0 Å². The molecule has 1 aromatic heterocycles. The summed E-state index contributed by atoms with van der Waals surface area (Å²) >= 11 is 1.29. The van der Waals surface area contributed by atoms with E-state index in [2.05, 4.69) is 39.5 Å². The third-order valence-corrected chi connectivity index (χ3v) is 5.73. The molecule has 2 aromatic carbocycles. The zero-order chi connectivity index (χ0) is 20.1. The SMILES string of the molecule is O=C(Nc1nccs1)C(=O)N1CCN(C(c2ccccc2)c2ccccc2)CC1. The van der Waals surface area contributed by atoms with E-state index in [4.69, 9.17) is 0 Å². The van der Waals surface area contributed by atoms with Crippen LogP contribution in [0.25, 0.3) is 0 Å². The number of piperazine rings is 1. The Kier molecular flexibility index (Phi) is 5.97. The van der Waals surface area contributed by atoms with Gasteiger partial charge in [0.2, 0.25) is 0 Å². The highest BCUT2D eigenvalue weighted by atomic mass is 32.1. The summed E-state index contributed by atoms with van der Waals surface area (Å²) in [5.41, 5.74) is 2.44. The maximum absolute atomic E-state index is 12.5. The van der Waals surface area contributed by atoms with Crippen LogP contribution in [0.4, 0.5) is 5.13 Å². The zero-order valence-electron chi connectivity index (χ0n) is 15.9. The number of anilines is 1. The molecule has 1 aliphatic heterocycles. The fourth-order valence-corrected chi connectivity index (χ4v) is 4.17. The summed E-state index contributed by atoms with van der Waals surface area (Å²) in [7, 11) is 0. The van der Waals surface area contributed by atoms with Crippen LogP contribution in [0.1, 0.15) is 17.2 Å². The zero-order valence-corrected chi connectivity index (χ0v) is 16.7. The second-order valence-corrected chi connectivity index (χ2v) is 7.74. The number of rotatable bonds is 4. The smallest absolute Gasteiger partial charge is 0.315 e. The average Bonchev–Trinajstić information content (AvgIpc) is 3.28. The fraction of sp³-hybridized carbons (Fsp3) is 0.227. The maximum atomic E-state index is 12.5. The Morgan fingerprint density at radius 2 is 1.48 bits per heavy atom. The van der Waals surface area contributed by atoms with Crippen molar-refractivity contribution in [1.82, 2.24) is 14.8 Å². The highest BCUT2D eigenvalue weighted by molar-refractivity contribution is 7.13.